The van der Waals surface area contributed by atoms with Crippen molar-refractivity contribution in [2.75, 3.05) is 7.11 Å². The lowest BCUT2D eigenvalue weighted by molar-refractivity contribution is -0.385. The fraction of sp³-hybridized carbons (Fsp3) is 0.200. The predicted octanol–water partition coefficient (Wildman–Crippen LogP) is 5.04. The first kappa shape index (κ1) is 16.0. The first-order valence-corrected chi connectivity index (χ1v) is 7.93. The van der Waals surface area contributed by atoms with E-state index in [2.05, 4.69) is 31.9 Å². The van der Waals surface area contributed by atoms with E-state index in [4.69, 9.17) is 4.74 Å². The zero-order valence-electron chi connectivity index (χ0n) is 11.3. The molecule has 0 radical (unpaired) electrons. The maximum atomic E-state index is 11.0. The number of hydrogen-bond donors (Lipinski definition) is 0. The number of benzene rings is 2. The van der Waals surface area contributed by atoms with Gasteiger partial charge in [0.15, 0.2) is 0 Å². The van der Waals surface area contributed by atoms with Gasteiger partial charge in [-0.15, -0.1) is 0 Å². The molecule has 0 aliphatic rings. The molecular weight excluding hydrogens is 402 g/mol. The molecular formula is C15H13Br2NO3. The normalized spacial score (nSPS) is 12.0. The molecule has 1 unspecified atom stereocenters. The molecule has 0 spiro atoms. The van der Waals surface area contributed by atoms with Gasteiger partial charge in [0.05, 0.1) is 16.5 Å². The average molecular weight is 415 g/mol. The van der Waals surface area contributed by atoms with Crippen LogP contribution in [0.2, 0.25) is 0 Å². The summed E-state index contributed by atoms with van der Waals surface area (Å²) in [5.74, 6) is 0.754. The van der Waals surface area contributed by atoms with Gasteiger partial charge in [0.1, 0.15) is 5.75 Å². The van der Waals surface area contributed by atoms with E-state index >= 15 is 0 Å². The van der Waals surface area contributed by atoms with Crippen LogP contribution in [0.3, 0.4) is 0 Å². The lowest BCUT2D eigenvalue weighted by Crippen LogP contribution is -2.00. The monoisotopic (exact) mass is 413 g/mol. The summed E-state index contributed by atoms with van der Waals surface area (Å²) in [6.45, 7) is 0. The molecule has 0 fully saturated rings. The number of halogens is 2. The molecule has 0 saturated heterocycles. The molecule has 4 nitrogen and oxygen atoms in total. The van der Waals surface area contributed by atoms with Crippen LogP contribution in [0.5, 0.6) is 5.75 Å². The predicted molar refractivity (Wildman–Crippen MR) is 89.2 cm³/mol. The fourth-order valence-corrected chi connectivity index (χ4v) is 3.24. The highest BCUT2D eigenvalue weighted by Gasteiger charge is 2.17. The van der Waals surface area contributed by atoms with Crippen molar-refractivity contribution in [3.05, 3.63) is 68.2 Å². The van der Waals surface area contributed by atoms with E-state index < -0.39 is 0 Å². The summed E-state index contributed by atoms with van der Waals surface area (Å²) in [5, 5.41) is 11.0. The largest absolute Gasteiger partial charge is 0.496 e. The van der Waals surface area contributed by atoms with Crippen LogP contribution in [0, 0.1) is 10.1 Å². The second-order valence-electron chi connectivity index (χ2n) is 4.45. The molecule has 2 rings (SSSR count). The molecule has 110 valence electrons. The van der Waals surface area contributed by atoms with Gasteiger partial charge in [-0.05, 0) is 40.0 Å². The molecule has 1 atom stereocenters. The standard InChI is InChI=1S/C15H13Br2NO3/c1-21-15-7-6-10(8-13(15)17)12(16)9-11-4-2-3-5-14(11)18(19)20/h2-8,12H,9H2,1H3. The van der Waals surface area contributed by atoms with E-state index in [1.807, 2.05) is 24.3 Å². The van der Waals surface area contributed by atoms with Crippen LogP contribution in [-0.2, 0) is 6.42 Å². The summed E-state index contributed by atoms with van der Waals surface area (Å²) in [4.78, 5) is 10.7. The lowest BCUT2D eigenvalue weighted by atomic mass is 10.0. The smallest absolute Gasteiger partial charge is 0.272 e. The lowest BCUT2D eigenvalue weighted by Gasteiger charge is -2.12. The zero-order chi connectivity index (χ0) is 15.4. The molecule has 0 aliphatic carbocycles. The molecule has 0 amide bonds. The first-order valence-electron chi connectivity index (χ1n) is 6.22. The summed E-state index contributed by atoms with van der Waals surface area (Å²) in [6.07, 6.45) is 0.538. The minimum absolute atomic E-state index is 0.0131. The maximum absolute atomic E-state index is 11.0. The Morgan fingerprint density at radius 1 is 1.29 bits per heavy atom. The van der Waals surface area contributed by atoms with Crippen molar-refractivity contribution in [2.45, 2.75) is 11.2 Å². The number of methoxy groups -OCH3 is 1. The summed E-state index contributed by atoms with van der Waals surface area (Å²) in [6, 6.07) is 12.6. The van der Waals surface area contributed by atoms with E-state index in [1.165, 1.54) is 6.07 Å². The molecule has 0 heterocycles. The van der Waals surface area contributed by atoms with Crippen molar-refractivity contribution in [1.82, 2.24) is 0 Å². The van der Waals surface area contributed by atoms with Gasteiger partial charge in [0.25, 0.3) is 5.69 Å². The summed E-state index contributed by atoms with van der Waals surface area (Å²) >= 11 is 7.05. The number of alkyl halides is 1. The van der Waals surface area contributed by atoms with E-state index in [0.717, 1.165) is 15.8 Å². The Labute approximate surface area is 139 Å². The van der Waals surface area contributed by atoms with Crippen molar-refractivity contribution in [3.63, 3.8) is 0 Å². The van der Waals surface area contributed by atoms with Gasteiger partial charge in [-0.1, -0.05) is 40.2 Å². The third-order valence-electron chi connectivity index (χ3n) is 3.12. The molecule has 2 aromatic rings. The highest BCUT2D eigenvalue weighted by atomic mass is 79.9. The molecule has 0 aromatic heterocycles. The summed E-state index contributed by atoms with van der Waals surface area (Å²) in [5.41, 5.74) is 1.88. The SMILES string of the molecule is COc1ccc(C(Br)Cc2ccccc2[N+](=O)[O-])cc1Br. The van der Waals surface area contributed by atoms with Gasteiger partial charge in [-0.25, -0.2) is 0 Å². The molecule has 0 aliphatic heterocycles. The highest BCUT2D eigenvalue weighted by molar-refractivity contribution is 9.10. The van der Waals surface area contributed by atoms with Crippen molar-refractivity contribution in [3.8, 4) is 5.75 Å². The number of hydrogen-bond acceptors (Lipinski definition) is 3. The van der Waals surface area contributed by atoms with E-state index in [0.29, 0.717) is 12.0 Å². The van der Waals surface area contributed by atoms with Gasteiger partial charge in [0.2, 0.25) is 0 Å². The molecule has 21 heavy (non-hydrogen) atoms. The Morgan fingerprint density at radius 2 is 2.00 bits per heavy atom. The van der Waals surface area contributed by atoms with Crippen LogP contribution < -0.4 is 4.74 Å². The third-order valence-corrected chi connectivity index (χ3v) is 4.60. The number of para-hydroxylation sites is 1. The topological polar surface area (TPSA) is 52.4 Å². The molecule has 2 aromatic carbocycles. The average Bonchev–Trinajstić information content (AvgIpc) is 2.47. The van der Waals surface area contributed by atoms with Gasteiger partial charge in [-0.3, -0.25) is 10.1 Å². The van der Waals surface area contributed by atoms with Crippen molar-refractivity contribution in [2.24, 2.45) is 0 Å². The van der Waals surface area contributed by atoms with Crippen LogP contribution in [0.4, 0.5) is 5.69 Å². The van der Waals surface area contributed by atoms with E-state index in [-0.39, 0.29) is 15.4 Å². The maximum Gasteiger partial charge on any atom is 0.272 e. The Kier molecular flexibility index (Phi) is 5.36. The van der Waals surface area contributed by atoms with Crippen LogP contribution in [0.25, 0.3) is 0 Å². The van der Waals surface area contributed by atoms with Crippen molar-refractivity contribution in [1.29, 1.82) is 0 Å². The second-order valence-corrected chi connectivity index (χ2v) is 6.41. The van der Waals surface area contributed by atoms with Gasteiger partial charge in [0, 0.05) is 16.5 Å². The van der Waals surface area contributed by atoms with E-state index in [1.54, 1.807) is 19.2 Å². The van der Waals surface area contributed by atoms with Crippen LogP contribution >= 0.6 is 31.9 Å². The van der Waals surface area contributed by atoms with Crippen molar-refractivity contribution >= 4 is 37.5 Å². The summed E-state index contributed by atoms with van der Waals surface area (Å²) < 4.78 is 6.05. The van der Waals surface area contributed by atoms with Crippen molar-refractivity contribution < 1.29 is 9.66 Å². The minimum Gasteiger partial charge on any atom is -0.496 e. The molecule has 0 bridgehead atoms. The Bertz CT molecular complexity index is 661. The quantitative estimate of drug-likeness (QED) is 0.391. The number of nitro groups is 1. The van der Waals surface area contributed by atoms with Gasteiger partial charge < -0.3 is 4.74 Å². The second kappa shape index (κ2) is 7.04. The van der Waals surface area contributed by atoms with Gasteiger partial charge >= 0.3 is 0 Å². The zero-order valence-corrected chi connectivity index (χ0v) is 14.4. The number of ether oxygens (including phenoxy) is 1. The Hall–Kier alpha value is -1.40. The molecule has 0 saturated carbocycles. The Morgan fingerprint density at radius 3 is 2.62 bits per heavy atom. The summed E-state index contributed by atoms with van der Waals surface area (Å²) in [7, 11) is 1.61. The van der Waals surface area contributed by atoms with Crippen LogP contribution in [0.1, 0.15) is 16.0 Å². The minimum atomic E-state index is -0.348. The van der Waals surface area contributed by atoms with Crippen LogP contribution in [-0.4, -0.2) is 12.0 Å². The fourth-order valence-electron chi connectivity index (χ4n) is 2.05. The highest BCUT2D eigenvalue weighted by Crippen LogP contribution is 2.34. The number of nitro benzene ring substituents is 1. The van der Waals surface area contributed by atoms with Gasteiger partial charge in [-0.2, -0.15) is 0 Å². The molecule has 6 heteroatoms. The Balaban J connectivity index is 2.24. The third kappa shape index (κ3) is 3.83. The number of rotatable bonds is 5. The number of nitrogens with zero attached hydrogens (tertiary/aromatic N) is 1. The molecule has 0 N–H and O–H groups in total. The van der Waals surface area contributed by atoms with Crippen LogP contribution in [0.15, 0.2) is 46.9 Å². The van der Waals surface area contributed by atoms with E-state index in [9.17, 15) is 10.1 Å². The first-order chi connectivity index (χ1) is 10.0.